The van der Waals surface area contributed by atoms with Gasteiger partial charge in [0.25, 0.3) is 5.91 Å². The zero-order chi connectivity index (χ0) is 22.2. The molecule has 0 aliphatic heterocycles. The number of hydrogen-bond donors (Lipinski definition) is 1. The predicted molar refractivity (Wildman–Crippen MR) is 108 cm³/mol. The molecule has 11 heteroatoms. The van der Waals surface area contributed by atoms with Crippen LogP contribution in [0.5, 0.6) is 0 Å². The lowest BCUT2D eigenvalue weighted by atomic mass is 10.1. The SMILES string of the molecule is O=C(NC(CC1CC1)c1ncnn1-c1ccc(Cl)cn1)c1cc(Cl)cc(C(F)(F)F)c1. The first kappa shape index (κ1) is 21.6. The van der Waals surface area contributed by atoms with Gasteiger partial charge in [0.05, 0.1) is 16.6 Å². The molecule has 1 saturated carbocycles. The maximum atomic E-state index is 13.1. The summed E-state index contributed by atoms with van der Waals surface area (Å²) in [5, 5.41) is 7.26. The highest BCUT2D eigenvalue weighted by molar-refractivity contribution is 6.31. The van der Waals surface area contributed by atoms with E-state index in [1.165, 1.54) is 23.3 Å². The maximum absolute atomic E-state index is 13.1. The van der Waals surface area contributed by atoms with Crippen molar-refractivity contribution in [2.75, 3.05) is 0 Å². The van der Waals surface area contributed by atoms with Gasteiger partial charge in [0.2, 0.25) is 0 Å². The number of nitrogens with one attached hydrogen (secondary N) is 1. The first-order valence-corrected chi connectivity index (χ1v) is 10.2. The Balaban J connectivity index is 1.63. The van der Waals surface area contributed by atoms with Crippen LogP contribution in [0.3, 0.4) is 0 Å². The van der Waals surface area contributed by atoms with Crippen LogP contribution < -0.4 is 5.32 Å². The summed E-state index contributed by atoms with van der Waals surface area (Å²) in [4.78, 5) is 21.3. The molecule has 1 atom stereocenters. The predicted octanol–water partition coefficient (Wildman–Crippen LogP) is 5.26. The first-order valence-electron chi connectivity index (χ1n) is 9.41. The minimum atomic E-state index is -4.62. The van der Waals surface area contributed by atoms with Crippen LogP contribution in [0.25, 0.3) is 5.82 Å². The number of hydrogen-bond acceptors (Lipinski definition) is 4. The highest BCUT2D eigenvalue weighted by Crippen LogP contribution is 2.38. The van der Waals surface area contributed by atoms with Crippen LogP contribution in [0.1, 0.15) is 47.1 Å². The van der Waals surface area contributed by atoms with E-state index in [4.69, 9.17) is 23.2 Å². The molecule has 1 N–H and O–H groups in total. The van der Waals surface area contributed by atoms with E-state index < -0.39 is 23.7 Å². The van der Waals surface area contributed by atoms with Gasteiger partial charge in [0, 0.05) is 16.8 Å². The molecule has 4 rings (SSSR count). The van der Waals surface area contributed by atoms with Gasteiger partial charge in [-0.3, -0.25) is 4.79 Å². The molecule has 1 unspecified atom stereocenters. The molecule has 1 aromatic carbocycles. The van der Waals surface area contributed by atoms with E-state index in [1.807, 2.05) is 0 Å². The van der Waals surface area contributed by atoms with Crippen LogP contribution in [0.15, 0.2) is 42.9 Å². The van der Waals surface area contributed by atoms with Crippen molar-refractivity contribution >= 4 is 29.1 Å². The summed E-state index contributed by atoms with van der Waals surface area (Å²) in [6.45, 7) is 0. The van der Waals surface area contributed by atoms with Gasteiger partial charge < -0.3 is 5.32 Å². The van der Waals surface area contributed by atoms with Crippen molar-refractivity contribution in [2.24, 2.45) is 5.92 Å². The average Bonchev–Trinajstić information content (AvgIpc) is 3.39. The van der Waals surface area contributed by atoms with E-state index in [9.17, 15) is 18.0 Å². The highest BCUT2D eigenvalue weighted by atomic mass is 35.5. The lowest BCUT2D eigenvalue weighted by Gasteiger charge is -2.19. The van der Waals surface area contributed by atoms with Gasteiger partial charge in [-0.2, -0.15) is 23.0 Å². The quantitative estimate of drug-likeness (QED) is 0.534. The minimum Gasteiger partial charge on any atom is -0.342 e. The van der Waals surface area contributed by atoms with Crippen LogP contribution in [0.4, 0.5) is 13.2 Å². The Morgan fingerprint density at radius 1 is 1.16 bits per heavy atom. The molecule has 31 heavy (non-hydrogen) atoms. The Hall–Kier alpha value is -2.65. The fourth-order valence-electron chi connectivity index (χ4n) is 3.20. The van der Waals surface area contributed by atoms with Gasteiger partial charge in [-0.15, -0.1) is 0 Å². The summed E-state index contributed by atoms with van der Waals surface area (Å²) >= 11 is 11.7. The van der Waals surface area contributed by atoms with Gasteiger partial charge in [-0.25, -0.2) is 9.97 Å². The third kappa shape index (κ3) is 5.16. The Morgan fingerprint density at radius 3 is 2.58 bits per heavy atom. The molecule has 0 radical (unpaired) electrons. The molecule has 0 spiro atoms. The zero-order valence-electron chi connectivity index (χ0n) is 15.9. The third-order valence-corrected chi connectivity index (χ3v) is 5.31. The van der Waals surface area contributed by atoms with E-state index in [1.54, 1.807) is 12.1 Å². The molecule has 1 fully saturated rings. The Bertz CT molecular complexity index is 1100. The van der Waals surface area contributed by atoms with Gasteiger partial charge in [0.1, 0.15) is 6.33 Å². The van der Waals surface area contributed by atoms with Crippen molar-refractivity contribution in [3.05, 3.63) is 69.9 Å². The van der Waals surface area contributed by atoms with E-state index in [0.717, 1.165) is 25.0 Å². The van der Waals surface area contributed by atoms with E-state index >= 15 is 0 Å². The van der Waals surface area contributed by atoms with Crippen molar-refractivity contribution < 1.29 is 18.0 Å². The number of carbonyl (C=O) groups excluding carboxylic acids is 1. The molecule has 2 heterocycles. The summed E-state index contributed by atoms with van der Waals surface area (Å²) in [6.07, 6.45) is 0.767. The van der Waals surface area contributed by atoms with Crippen LogP contribution in [-0.2, 0) is 6.18 Å². The van der Waals surface area contributed by atoms with Crippen molar-refractivity contribution in [3.63, 3.8) is 0 Å². The van der Waals surface area contributed by atoms with Crippen LogP contribution in [-0.4, -0.2) is 25.7 Å². The molecular weight excluding hydrogens is 454 g/mol. The largest absolute Gasteiger partial charge is 0.416 e. The van der Waals surface area contributed by atoms with Gasteiger partial charge in [-0.05, 0) is 42.7 Å². The van der Waals surface area contributed by atoms with Crippen molar-refractivity contribution in [1.82, 2.24) is 25.1 Å². The maximum Gasteiger partial charge on any atom is 0.416 e. The molecular formula is C20H16Cl2F3N5O. The molecule has 3 aromatic rings. The fourth-order valence-corrected chi connectivity index (χ4v) is 3.55. The summed E-state index contributed by atoms with van der Waals surface area (Å²) in [6, 6.07) is 5.49. The normalized spacial score (nSPS) is 15.0. The molecule has 1 aliphatic carbocycles. The lowest BCUT2D eigenvalue weighted by molar-refractivity contribution is -0.137. The Morgan fingerprint density at radius 2 is 1.94 bits per heavy atom. The molecule has 0 bridgehead atoms. The standard InChI is InChI=1S/C20H16Cl2F3N5O/c21-14-3-4-17(26-9-14)30-18(27-10-28-30)16(5-11-1-2-11)29-19(31)12-6-13(20(23,24)25)8-15(22)7-12/h3-4,6-11,16H,1-2,5H2,(H,29,31). The van der Waals surface area contributed by atoms with E-state index in [2.05, 4.69) is 20.4 Å². The van der Waals surface area contributed by atoms with Crippen LogP contribution >= 0.6 is 23.2 Å². The van der Waals surface area contributed by atoms with Crippen molar-refractivity contribution in [2.45, 2.75) is 31.5 Å². The molecule has 162 valence electrons. The minimum absolute atomic E-state index is 0.174. The lowest BCUT2D eigenvalue weighted by Crippen LogP contribution is -2.31. The van der Waals surface area contributed by atoms with Gasteiger partial charge in [-0.1, -0.05) is 36.0 Å². The molecule has 1 aliphatic rings. The van der Waals surface area contributed by atoms with E-state index in [-0.39, 0.29) is 10.6 Å². The number of carbonyl (C=O) groups is 1. The second-order valence-corrected chi connectivity index (χ2v) is 8.17. The van der Waals surface area contributed by atoms with Crippen molar-refractivity contribution in [1.29, 1.82) is 0 Å². The number of nitrogens with zero attached hydrogens (tertiary/aromatic N) is 4. The number of alkyl halides is 3. The number of amides is 1. The van der Waals surface area contributed by atoms with E-state index in [0.29, 0.717) is 29.0 Å². The molecule has 1 amide bonds. The zero-order valence-corrected chi connectivity index (χ0v) is 17.4. The Kier molecular flexibility index (Phi) is 5.90. The second kappa shape index (κ2) is 8.47. The Labute approximate surface area is 185 Å². The monoisotopic (exact) mass is 469 g/mol. The molecule has 6 nitrogen and oxygen atoms in total. The summed E-state index contributed by atoms with van der Waals surface area (Å²) in [5.41, 5.74) is -1.17. The van der Waals surface area contributed by atoms with Gasteiger partial charge >= 0.3 is 6.18 Å². The summed E-state index contributed by atoms with van der Waals surface area (Å²) in [5.74, 6) is 0.582. The fraction of sp³-hybridized carbons (Fsp3) is 0.300. The highest BCUT2D eigenvalue weighted by Gasteiger charge is 2.33. The number of halogens is 5. The third-order valence-electron chi connectivity index (χ3n) is 4.87. The number of benzene rings is 1. The van der Waals surface area contributed by atoms with Gasteiger partial charge in [0.15, 0.2) is 11.6 Å². The second-order valence-electron chi connectivity index (χ2n) is 7.30. The van der Waals surface area contributed by atoms with Crippen molar-refractivity contribution in [3.8, 4) is 5.82 Å². The topological polar surface area (TPSA) is 72.7 Å². The molecule has 2 aromatic heterocycles. The average molecular weight is 470 g/mol. The number of rotatable bonds is 6. The number of aromatic nitrogens is 4. The smallest absolute Gasteiger partial charge is 0.342 e. The summed E-state index contributed by atoms with van der Waals surface area (Å²) < 4.78 is 40.8. The summed E-state index contributed by atoms with van der Waals surface area (Å²) in [7, 11) is 0. The number of pyridine rings is 1. The first-order chi connectivity index (χ1) is 14.7. The molecule has 0 saturated heterocycles. The van der Waals surface area contributed by atoms with Crippen LogP contribution in [0.2, 0.25) is 10.0 Å². The van der Waals surface area contributed by atoms with Crippen LogP contribution in [0, 0.1) is 5.92 Å².